The first-order chi connectivity index (χ1) is 15.4. The normalized spacial score (nSPS) is 22.6. The van der Waals surface area contributed by atoms with Gasteiger partial charge in [0.1, 0.15) is 5.75 Å². The van der Waals surface area contributed by atoms with Crippen molar-refractivity contribution in [3.63, 3.8) is 0 Å². The van der Waals surface area contributed by atoms with Crippen LogP contribution in [-0.4, -0.2) is 72.3 Å². The molecule has 1 spiro atoms. The van der Waals surface area contributed by atoms with Crippen molar-refractivity contribution < 1.29 is 19.1 Å². The zero-order valence-corrected chi connectivity index (χ0v) is 19.6. The number of ether oxygens (including phenoxy) is 2. The number of likely N-dealkylation sites (tertiary alicyclic amines) is 1. The molecule has 176 valence electrons. The number of piperidine rings is 1. The zero-order chi connectivity index (χ0) is 22.7. The van der Waals surface area contributed by atoms with E-state index in [9.17, 15) is 9.59 Å². The molecule has 7 nitrogen and oxygen atoms in total. The van der Waals surface area contributed by atoms with Crippen LogP contribution in [0.4, 0.5) is 4.79 Å². The minimum absolute atomic E-state index is 0.0652. The number of benzene rings is 1. The van der Waals surface area contributed by atoms with Crippen molar-refractivity contribution in [2.75, 3.05) is 26.8 Å². The minimum Gasteiger partial charge on any atom is -0.497 e. The average Bonchev–Trinajstić information content (AvgIpc) is 3.59. The quantitative estimate of drug-likeness (QED) is 0.732. The van der Waals surface area contributed by atoms with E-state index in [0.717, 1.165) is 49.8 Å². The SMILES string of the molecule is COc1cccc(CC(=O)N2CCC3(CC2)CC(N(C(=O)NC(C)C)C2CC2)CCO3)c1. The first kappa shape index (κ1) is 22.9. The molecule has 1 N–H and O–H groups in total. The maximum atomic E-state index is 12.9. The molecule has 2 aliphatic heterocycles. The summed E-state index contributed by atoms with van der Waals surface area (Å²) in [5.41, 5.74) is 0.751. The monoisotopic (exact) mass is 443 g/mol. The number of hydrogen-bond acceptors (Lipinski definition) is 4. The largest absolute Gasteiger partial charge is 0.497 e. The molecular weight excluding hydrogens is 406 g/mol. The molecule has 0 aromatic heterocycles. The molecule has 1 aromatic rings. The Hall–Kier alpha value is -2.28. The summed E-state index contributed by atoms with van der Waals surface area (Å²) in [4.78, 5) is 29.8. The Bertz CT molecular complexity index is 815. The second-order valence-electron chi connectivity index (χ2n) is 9.83. The van der Waals surface area contributed by atoms with Crippen LogP contribution >= 0.6 is 0 Å². The molecule has 7 heteroatoms. The van der Waals surface area contributed by atoms with Crippen LogP contribution in [0, 0.1) is 0 Å². The minimum atomic E-state index is -0.221. The maximum absolute atomic E-state index is 12.9. The van der Waals surface area contributed by atoms with Gasteiger partial charge in [0.25, 0.3) is 0 Å². The van der Waals surface area contributed by atoms with Gasteiger partial charge in [0.2, 0.25) is 5.91 Å². The summed E-state index contributed by atoms with van der Waals surface area (Å²) in [6.07, 6.45) is 6.01. The number of carbonyl (C=O) groups excluding carboxylic acids is 2. The molecule has 4 rings (SSSR count). The zero-order valence-electron chi connectivity index (χ0n) is 19.6. The van der Waals surface area contributed by atoms with Crippen molar-refractivity contribution in [3.8, 4) is 5.75 Å². The fourth-order valence-electron chi connectivity index (χ4n) is 5.12. The van der Waals surface area contributed by atoms with Gasteiger partial charge in [0, 0.05) is 37.8 Å². The number of nitrogens with one attached hydrogen (secondary N) is 1. The summed E-state index contributed by atoms with van der Waals surface area (Å²) in [5.74, 6) is 0.924. The highest BCUT2D eigenvalue weighted by Crippen LogP contribution is 2.40. The van der Waals surface area contributed by atoms with E-state index in [1.807, 2.05) is 43.0 Å². The fraction of sp³-hybridized carbons (Fsp3) is 0.680. The maximum Gasteiger partial charge on any atom is 0.318 e. The summed E-state index contributed by atoms with van der Waals surface area (Å²) in [5, 5.41) is 3.09. The van der Waals surface area contributed by atoms with Gasteiger partial charge in [-0.1, -0.05) is 12.1 Å². The van der Waals surface area contributed by atoms with E-state index in [1.54, 1.807) is 7.11 Å². The lowest BCUT2D eigenvalue weighted by Crippen LogP contribution is -2.57. The third-order valence-corrected chi connectivity index (χ3v) is 6.96. The second kappa shape index (κ2) is 9.69. The third kappa shape index (κ3) is 5.37. The van der Waals surface area contributed by atoms with Crippen LogP contribution in [0.15, 0.2) is 24.3 Å². The number of urea groups is 1. The van der Waals surface area contributed by atoms with Crippen molar-refractivity contribution >= 4 is 11.9 Å². The van der Waals surface area contributed by atoms with Crippen LogP contribution in [0.3, 0.4) is 0 Å². The number of carbonyl (C=O) groups is 2. The lowest BCUT2D eigenvalue weighted by Gasteiger charge is -2.48. The van der Waals surface area contributed by atoms with E-state index in [1.165, 1.54) is 0 Å². The van der Waals surface area contributed by atoms with E-state index in [2.05, 4.69) is 10.2 Å². The predicted octanol–water partition coefficient (Wildman–Crippen LogP) is 3.36. The van der Waals surface area contributed by atoms with Crippen LogP contribution in [0.2, 0.25) is 0 Å². The van der Waals surface area contributed by atoms with Crippen molar-refractivity contribution in [3.05, 3.63) is 29.8 Å². The van der Waals surface area contributed by atoms with Gasteiger partial charge in [-0.25, -0.2) is 4.79 Å². The van der Waals surface area contributed by atoms with Gasteiger partial charge in [0.15, 0.2) is 0 Å². The highest BCUT2D eigenvalue weighted by atomic mass is 16.5. The van der Waals surface area contributed by atoms with Gasteiger partial charge in [-0.2, -0.15) is 0 Å². The van der Waals surface area contributed by atoms with E-state index in [4.69, 9.17) is 9.47 Å². The Morgan fingerprint density at radius 1 is 1.22 bits per heavy atom. The van der Waals surface area contributed by atoms with Gasteiger partial charge in [0.05, 0.1) is 19.1 Å². The summed E-state index contributed by atoms with van der Waals surface area (Å²) >= 11 is 0. The standard InChI is InChI=1S/C25H37N3O4/c1-18(2)26-24(30)28(20-7-8-20)21-9-14-32-25(17-21)10-12-27(13-11-25)23(29)16-19-5-4-6-22(15-19)31-3/h4-6,15,18,20-21H,7-14,16-17H2,1-3H3,(H,26,30). The van der Waals surface area contributed by atoms with Crippen molar-refractivity contribution in [1.29, 1.82) is 0 Å². The number of hydrogen-bond donors (Lipinski definition) is 1. The van der Waals surface area contributed by atoms with Crippen LogP contribution in [0.5, 0.6) is 5.75 Å². The topological polar surface area (TPSA) is 71.1 Å². The molecule has 0 bridgehead atoms. The lowest BCUT2D eigenvalue weighted by molar-refractivity contribution is -0.147. The molecule has 1 atom stereocenters. The average molecular weight is 444 g/mol. The molecule has 0 radical (unpaired) electrons. The summed E-state index contributed by atoms with van der Waals surface area (Å²) in [6.45, 7) is 6.11. The summed E-state index contributed by atoms with van der Waals surface area (Å²) in [6, 6.07) is 8.49. The molecule has 2 heterocycles. The number of rotatable bonds is 6. The van der Waals surface area contributed by atoms with Gasteiger partial charge in [-0.3, -0.25) is 4.79 Å². The Morgan fingerprint density at radius 2 is 1.97 bits per heavy atom. The van der Waals surface area contributed by atoms with Crippen LogP contribution in [0.1, 0.15) is 57.9 Å². The highest BCUT2D eigenvalue weighted by molar-refractivity contribution is 5.79. The first-order valence-electron chi connectivity index (χ1n) is 12.0. The highest BCUT2D eigenvalue weighted by Gasteiger charge is 2.46. The van der Waals surface area contributed by atoms with E-state index in [0.29, 0.717) is 32.2 Å². The first-order valence-corrected chi connectivity index (χ1v) is 12.0. The molecule has 3 aliphatic rings. The van der Waals surface area contributed by atoms with Crippen LogP contribution < -0.4 is 10.1 Å². The lowest BCUT2D eigenvalue weighted by atomic mass is 9.81. The van der Waals surface area contributed by atoms with Crippen molar-refractivity contribution in [1.82, 2.24) is 15.1 Å². The molecule has 3 amide bonds. The Balaban J connectivity index is 1.34. The second-order valence-corrected chi connectivity index (χ2v) is 9.83. The molecular formula is C25H37N3O4. The predicted molar refractivity (Wildman–Crippen MR) is 123 cm³/mol. The molecule has 3 fully saturated rings. The Kier molecular flexibility index (Phi) is 6.93. The van der Waals surface area contributed by atoms with Crippen LogP contribution in [0.25, 0.3) is 0 Å². The third-order valence-electron chi connectivity index (χ3n) is 6.96. The number of methoxy groups -OCH3 is 1. The Morgan fingerprint density at radius 3 is 2.62 bits per heavy atom. The molecule has 1 aromatic carbocycles. The van der Waals surface area contributed by atoms with Gasteiger partial charge in [-0.15, -0.1) is 0 Å². The molecule has 1 aliphatic carbocycles. The van der Waals surface area contributed by atoms with E-state index in [-0.39, 0.29) is 29.6 Å². The summed E-state index contributed by atoms with van der Waals surface area (Å²) < 4.78 is 11.6. The summed E-state index contributed by atoms with van der Waals surface area (Å²) in [7, 11) is 1.64. The molecule has 1 unspecified atom stereocenters. The Labute approximate surface area is 191 Å². The molecule has 1 saturated carbocycles. The van der Waals surface area contributed by atoms with E-state index >= 15 is 0 Å². The van der Waals surface area contributed by atoms with E-state index < -0.39 is 0 Å². The fourth-order valence-corrected chi connectivity index (χ4v) is 5.12. The molecule has 2 saturated heterocycles. The van der Waals surface area contributed by atoms with Gasteiger partial charge >= 0.3 is 6.03 Å². The number of amides is 3. The molecule has 32 heavy (non-hydrogen) atoms. The van der Waals surface area contributed by atoms with Gasteiger partial charge in [-0.05, 0) is 70.1 Å². The van der Waals surface area contributed by atoms with Crippen molar-refractivity contribution in [2.24, 2.45) is 0 Å². The van der Waals surface area contributed by atoms with Crippen molar-refractivity contribution in [2.45, 2.75) is 82.5 Å². The van der Waals surface area contributed by atoms with Crippen LogP contribution in [-0.2, 0) is 16.0 Å². The van der Waals surface area contributed by atoms with Gasteiger partial charge < -0.3 is 24.6 Å². The smallest absolute Gasteiger partial charge is 0.318 e. The number of nitrogens with zero attached hydrogens (tertiary/aromatic N) is 2.